The Balaban J connectivity index is 1.11. The quantitative estimate of drug-likeness (QED) is 0.181. The average Bonchev–Trinajstić information content (AvgIpc) is 3.96. The van der Waals surface area contributed by atoms with Crippen LogP contribution in [0.3, 0.4) is 0 Å². The first-order valence-corrected chi connectivity index (χ1v) is 21.9. The van der Waals surface area contributed by atoms with Gasteiger partial charge in [-0.1, -0.05) is 131 Å². The average molecular weight is 789 g/mol. The molecule has 0 fully saturated rings. The van der Waals surface area contributed by atoms with Crippen LogP contribution in [0, 0.1) is 0 Å². The number of furan rings is 1. The summed E-state index contributed by atoms with van der Waals surface area (Å²) in [6.07, 6.45) is 0. The van der Waals surface area contributed by atoms with Crippen LogP contribution in [0.4, 0.5) is 11.4 Å². The van der Waals surface area contributed by atoms with Crippen molar-refractivity contribution in [2.24, 2.45) is 0 Å². The topological polar surface area (TPSA) is 30.1 Å². The zero-order valence-electron chi connectivity index (χ0n) is 34.3. The highest BCUT2D eigenvalue weighted by molar-refractivity contribution is 7.25. The molecule has 0 spiro atoms. The van der Waals surface area contributed by atoms with Crippen molar-refractivity contribution in [3.05, 3.63) is 162 Å². The number of anilines is 2. The van der Waals surface area contributed by atoms with Crippen LogP contribution in [-0.2, 0) is 10.8 Å². The van der Waals surface area contributed by atoms with Gasteiger partial charge in [0.25, 0.3) is 0 Å². The third kappa shape index (κ3) is 4.67. The molecule has 3 nitrogen and oxygen atoms in total. The third-order valence-electron chi connectivity index (χ3n) is 13.8. The van der Waals surface area contributed by atoms with Gasteiger partial charge in [-0.05, 0) is 92.8 Å². The van der Waals surface area contributed by atoms with Gasteiger partial charge < -0.3 is 14.3 Å². The smallest absolute Gasteiger partial charge is 0.198 e. The first-order chi connectivity index (χ1) is 29.1. The fourth-order valence-corrected chi connectivity index (χ4v) is 11.8. The SMILES string of the molecule is CC(C)(C)c1ccc(Nc2cc3oc4ccccc4c3cc2-c2ccc3c4cc5c(cc4n4c3c2Bc2cc3c(cc2-4)-c2ccccc2C3(C)C)sc2ccccc25)cc1. The lowest BCUT2D eigenvalue weighted by atomic mass is 9.58. The molecule has 4 heterocycles. The highest BCUT2D eigenvalue weighted by Gasteiger charge is 2.38. The number of fused-ring (bicyclic) bond motifs is 14. The minimum absolute atomic E-state index is 0.0735. The first kappa shape index (κ1) is 34.3. The molecular weight excluding hydrogens is 747 g/mol. The number of para-hydroxylation sites is 1. The number of hydrogen-bond donors (Lipinski definition) is 1. The van der Waals surface area contributed by atoms with E-state index in [9.17, 15) is 0 Å². The summed E-state index contributed by atoms with van der Waals surface area (Å²) < 4.78 is 11.8. The van der Waals surface area contributed by atoms with Gasteiger partial charge in [-0.15, -0.1) is 11.3 Å². The molecule has 3 aromatic heterocycles. The Morgan fingerprint density at radius 3 is 2.22 bits per heavy atom. The van der Waals surface area contributed by atoms with Gasteiger partial charge in [0.05, 0.1) is 11.2 Å². The molecule has 0 saturated carbocycles. The van der Waals surface area contributed by atoms with Crippen molar-refractivity contribution >= 4 is 105 Å². The van der Waals surface area contributed by atoms with Gasteiger partial charge in [-0.3, -0.25) is 0 Å². The van der Waals surface area contributed by atoms with E-state index >= 15 is 0 Å². The molecule has 60 heavy (non-hydrogen) atoms. The van der Waals surface area contributed by atoms with E-state index in [1.54, 1.807) is 0 Å². The van der Waals surface area contributed by atoms with Gasteiger partial charge in [-0.2, -0.15) is 0 Å². The maximum Gasteiger partial charge on any atom is 0.198 e. The van der Waals surface area contributed by atoms with Crippen LogP contribution in [0.2, 0.25) is 0 Å². The molecule has 1 aliphatic heterocycles. The summed E-state index contributed by atoms with van der Waals surface area (Å²) in [7, 11) is 0.833. The van der Waals surface area contributed by atoms with E-state index in [-0.39, 0.29) is 10.8 Å². The number of benzene rings is 8. The van der Waals surface area contributed by atoms with Gasteiger partial charge in [0.2, 0.25) is 0 Å². The van der Waals surface area contributed by atoms with Crippen LogP contribution < -0.4 is 16.2 Å². The lowest BCUT2D eigenvalue weighted by molar-refractivity contribution is 0.590. The van der Waals surface area contributed by atoms with E-state index in [2.05, 4.69) is 190 Å². The molecule has 13 rings (SSSR count). The Labute approximate surface area is 353 Å². The summed E-state index contributed by atoms with van der Waals surface area (Å²) in [5.74, 6) is 0. The van der Waals surface area contributed by atoms with E-state index in [1.807, 2.05) is 11.3 Å². The zero-order valence-corrected chi connectivity index (χ0v) is 35.1. The molecule has 0 atom stereocenters. The van der Waals surface area contributed by atoms with E-state index < -0.39 is 0 Å². The number of nitrogens with one attached hydrogen (secondary N) is 1. The van der Waals surface area contributed by atoms with Crippen molar-refractivity contribution in [2.45, 2.75) is 45.4 Å². The second-order valence-corrected chi connectivity index (χ2v) is 19.7. The van der Waals surface area contributed by atoms with E-state index in [0.717, 1.165) is 40.6 Å². The number of thiophene rings is 1. The summed E-state index contributed by atoms with van der Waals surface area (Å²) in [4.78, 5) is 0. The van der Waals surface area contributed by atoms with Crippen molar-refractivity contribution in [2.75, 3.05) is 5.32 Å². The van der Waals surface area contributed by atoms with Gasteiger partial charge in [0.15, 0.2) is 7.28 Å². The van der Waals surface area contributed by atoms with Gasteiger partial charge in [-0.25, -0.2) is 0 Å². The molecule has 0 unspecified atom stereocenters. The molecule has 286 valence electrons. The fraction of sp³-hybridized carbons (Fsp3) is 0.127. The van der Waals surface area contributed by atoms with Crippen LogP contribution in [0.1, 0.15) is 51.3 Å². The highest BCUT2D eigenvalue weighted by Crippen LogP contribution is 2.50. The van der Waals surface area contributed by atoms with Gasteiger partial charge in [0.1, 0.15) is 11.2 Å². The van der Waals surface area contributed by atoms with Crippen LogP contribution in [0.15, 0.2) is 150 Å². The van der Waals surface area contributed by atoms with Crippen LogP contribution in [0.25, 0.3) is 91.9 Å². The van der Waals surface area contributed by atoms with Crippen LogP contribution in [-0.4, -0.2) is 11.8 Å². The Hall–Kier alpha value is -6.56. The second kappa shape index (κ2) is 11.8. The molecule has 0 saturated heterocycles. The zero-order chi connectivity index (χ0) is 40.2. The van der Waals surface area contributed by atoms with Crippen molar-refractivity contribution in [1.82, 2.24) is 4.57 Å². The summed E-state index contributed by atoms with van der Waals surface area (Å²) in [5.41, 5.74) is 19.7. The predicted molar refractivity (Wildman–Crippen MR) is 259 cm³/mol. The normalized spacial score (nSPS) is 14.0. The van der Waals surface area contributed by atoms with Gasteiger partial charge in [0, 0.05) is 75.7 Å². The molecule has 0 radical (unpaired) electrons. The lowest BCUT2D eigenvalue weighted by Crippen LogP contribution is -2.38. The number of rotatable bonds is 3. The molecule has 1 N–H and O–H groups in total. The fourth-order valence-electron chi connectivity index (χ4n) is 10.7. The Morgan fingerprint density at radius 1 is 0.583 bits per heavy atom. The van der Waals surface area contributed by atoms with E-state index in [4.69, 9.17) is 4.42 Å². The van der Waals surface area contributed by atoms with Crippen molar-refractivity contribution in [3.63, 3.8) is 0 Å². The monoisotopic (exact) mass is 788 g/mol. The number of nitrogens with zero attached hydrogens (tertiary/aromatic N) is 1. The number of aromatic nitrogens is 1. The summed E-state index contributed by atoms with van der Waals surface area (Å²) in [6.45, 7) is 11.6. The maximum absolute atomic E-state index is 6.54. The summed E-state index contributed by atoms with van der Waals surface area (Å²) in [5, 5.41) is 11.4. The predicted octanol–water partition coefficient (Wildman–Crippen LogP) is 13.8. The Morgan fingerprint density at radius 2 is 1.37 bits per heavy atom. The third-order valence-corrected chi connectivity index (χ3v) is 14.9. The molecule has 0 amide bonds. The van der Waals surface area contributed by atoms with E-state index in [1.165, 1.54) is 97.5 Å². The molecule has 1 aliphatic carbocycles. The molecule has 8 aromatic carbocycles. The summed E-state index contributed by atoms with van der Waals surface area (Å²) in [6, 6.07) is 54.6. The molecule has 11 aromatic rings. The largest absolute Gasteiger partial charge is 0.456 e. The lowest BCUT2D eigenvalue weighted by Gasteiger charge is -2.27. The summed E-state index contributed by atoms with van der Waals surface area (Å²) >= 11 is 1.90. The first-order valence-electron chi connectivity index (χ1n) is 21.1. The minimum Gasteiger partial charge on any atom is -0.456 e. The Bertz CT molecular complexity index is 3670. The standard InChI is InChI=1S/C55H41BN2OS/c1-54(2,3)30-18-20-31(21-19-30)57-45-28-49-40(33-13-7-10-16-48(33)59-49)24-38(45)35-22-23-36-39-25-41-34-14-8-11-17-50(34)60-51(41)29-46(39)58-47-26-37-32-12-6-9-15-42(32)55(4,5)43(37)27-44(47)56-52(35)53(36)58/h6-29,56-57H,1-5H3. The molecule has 2 aliphatic rings. The van der Waals surface area contributed by atoms with Crippen molar-refractivity contribution < 1.29 is 4.42 Å². The maximum atomic E-state index is 6.54. The minimum atomic E-state index is -0.0922. The van der Waals surface area contributed by atoms with Crippen LogP contribution in [0.5, 0.6) is 0 Å². The highest BCUT2D eigenvalue weighted by atomic mass is 32.1. The van der Waals surface area contributed by atoms with E-state index in [0.29, 0.717) is 0 Å². The molecule has 0 bridgehead atoms. The molecule has 5 heteroatoms. The molecular formula is C55H41BN2OS. The van der Waals surface area contributed by atoms with Crippen molar-refractivity contribution in [3.8, 4) is 27.9 Å². The Kier molecular flexibility index (Phi) is 6.75. The number of hydrogen-bond acceptors (Lipinski definition) is 3. The van der Waals surface area contributed by atoms with Crippen molar-refractivity contribution in [1.29, 1.82) is 0 Å². The van der Waals surface area contributed by atoms with Gasteiger partial charge >= 0.3 is 0 Å². The second-order valence-electron chi connectivity index (χ2n) is 18.6. The van der Waals surface area contributed by atoms with Crippen LogP contribution >= 0.6 is 11.3 Å².